The van der Waals surface area contributed by atoms with Crippen LogP contribution < -0.4 is 0 Å². The van der Waals surface area contributed by atoms with Crippen LogP contribution in [0, 0.1) is 6.92 Å². The SMILES string of the molecule is Cc1ncccc1C(=O)N1C[C@@H](c2cccnc2)[C@H](c2nc(-c3ccncc3)no2)C1. The summed E-state index contributed by atoms with van der Waals surface area (Å²) >= 11 is 0. The number of aryl methyl sites for hydroxylation is 1. The Kier molecular flexibility index (Phi) is 4.95. The Balaban J connectivity index is 1.48. The molecule has 154 valence electrons. The number of pyridine rings is 3. The number of carbonyl (C=O) groups is 1. The second-order valence-corrected chi connectivity index (χ2v) is 7.54. The molecule has 0 radical (unpaired) electrons. The highest BCUT2D eigenvalue weighted by Crippen LogP contribution is 2.39. The molecule has 2 atom stereocenters. The highest BCUT2D eigenvalue weighted by molar-refractivity contribution is 5.95. The van der Waals surface area contributed by atoms with Gasteiger partial charge in [-0.2, -0.15) is 4.98 Å². The fourth-order valence-corrected chi connectivity index (χ4v) is 4.04. The summed E-state index contributed by atoms with van der Waals surface area (Å²) in [5.74, 6) is 0.846. The molecule has 8 nitrogen and oxygen atoms in total. The summed E-state index contributed by atoms with van der Waals surface area (Å²) in [5.41, 5.74) is 3.19. The summed E-state index contributed by atoms with van der Waals surface area (Å²) in [6.45, 7) is 2.86. The summed E-state index contributed by atoms with van der Waals surface area (Å²) in [7, 11) is 0. The van der Waals surface area contributed by atoms with Crippen LogP contribution in [-0.2, 0) is 0 Å². The van der Waals surface area contributed by atoms with E-state index in [9.17, 15) is 4.79 Å². The van der Waals surface area contributed by atoms with Gasteiger partial charge in [-0.1, -0.05) is 11.2 Å². The molecule has 0 aromatic carbocycles. The first-order valence-electron chi connectivity index (χ1n) is 10.1. The van der Waals surface area contributed by atoms with Crippen molar-refractivity contribution in [3.8, 4) is 11.4 Å². The molecule has 0 N–H and O–H groups in total. The van der Waals surface area contributed by atoms with Crippen molar-refractivity contribution in [2.24, 2.45) is 0 Å². The molecule has 1 saturated heterocycles. The van der Waals surface area contributed by atoms with E-state index in [1.54, 1.807) is 30.9 Å². The highest BCUT2D eigenvalue weighted by Gasteiger charge is 2.41. The second-order valence-electron chi connectivity index (χ2n) is 7.54. The van der Waals surface area contributed by atoms with Crippen molar-refractivity contribution in [1.82, 2.24) is 30.0 Å². The van der Waals surface area contributed by atoms with Crippen LogP contribution in [0.5, 0.6) is 0 Å². The van der Waals surface area contributed by atoms with Gasteiger partial charge in [0.25, 0.3) is 5.91 Å². The van der Waals surface area contributed by atoms with Crippen LogP contribution in [0.4, 0.5) is 0 Å². The third-order valence-electron chi connectivity index (χ3n) is 5.65. The van der Waals surface area contributed by atoms with E-state index < -0.39 is 0 Å². The van der Waals surface area contributed by atoms with Gasteiger partial charge in [-0.05, 0) is 42.8 Å². The lowest BCUT2D eigenvalue weighted by atomic mass is 9.90. The highest BCUT2D eigenvalue weighted by atomic mass is 16.5. The molecule has 0 saturated carbocycles. The third kappa shape index (κ3) is 3.68. The van der Waals surface area contributed by atoms with E-state index in [0.29, 0.717) is 36.1 Å². The molecule has 4 aromatic rings. The first-order valence-corrected chi connectivity index (χ1v) is 10.1. The van der Waals surface area contributed by atoms with E-state index in [1.807, 2.05) is 48.4 Å². The summed E-state index contributed by atoms with van der Waals surface area (Å²) in [6.07, 6.45) is 8.65. The first-order chi connectivity index (χ1) is 15.2. The molecule has 0 spiro atoms. The van der Waals surface area contributed by atoms with Crippen molar-refractivity contribution < 1.29 is 9.32 Å². The van der Waals surface area contributed by atoms with Crippen molar-refractivity contribution in [2.45, 2.75) is 18.8 Å². The molecule has 4 aromatic heterocycles. The Bertz CT molecular complexity index is 1190. The molecular formula is C23H20N6O2. The zero-order chi connectivity index (χ0) is 21.2. The quantitative estimate of drug-likeness (QED) is 0.507. The zero-order valence-corrected chi connectivity index (χ0v) is 16.9. The number of hydrogen-bond acceptors (Lipinski definition) is 7. The lowest BCUT2D eigenvalue weighted by Crippen LogP contribution is -2.29. The first kappa shape index (κ1) is 19.0. The van der Waals surface area contributed by atoms with Gasteiger partial charge in [0.05, 0.1) is 11.5 Å². The van der Waals surface area contributed by atoms with Crippen LogP contribution >= 0.6 is 0 Å². The smallest absolute Gasteiger partial charge is 0.255 e. The molecule has 0 aliphatic carbocycles. The maximum absolute atomic E-state index is 13.2. The van der Waals surface area contributed by atoms with Gasteiger partial charge in [0.15, 0.2) is 0 Å². The average molecular weight is 412 g/mol. The van der Waals surface area contributed by atoms with E-state index in [1.165, 1.54) is 0 Å². The largest absolute Gasteiger partial charge is 0.339 e. The molecule has 1 aliphatic heterocycles. The van der Waals surface area contributed by atoms with E-state index in [-0.39, 0.29) is 17.7 Å². The van der Waals surface area contributed by atoms with Crippen LogP contribution in [-0.4, -0.2) is 49.0 Å². The minimum Gasteiger partial charge on any atom is -0.339 e. The Morgan fingerprint density at radius 3 is 2.58 bits per heavy atom. The van der Waals surface area contributed by atoms with Crippen LogP contribution in [0.1, 0.15) is 39.3 Å². The number of amides is 1. The summed E-state index contributed by atoms with van der Waals surface area (Å²) in [5, 5.41) is 4.16. The molecule has 1 amide bonds. The molecule has 1 fully saturated rings. The lowest BCUT2D eigenvalue weighted by molar-refractivity contribution is 0.0787. The van der Waals surface area contributed by atoms with Crippen LogP contribution in [0.25, 0.3) is 11.4 Å². The van der Waals surface area contributed by atoms with E-state index >= 15 is 0 Å². The van der Waals surface area contributed by atoms with Crippen molar-refractivity contribution >= 4 is 5.91 Å². The Labute approximate surface area is 179 Å². The number of carbonyl (C=O) groups excluding carboxylic acids is 1. The lowest BCUT2D eigenvalue weighted by Gasteiger charge is -2.17. The molecule has 0 unspecified atom stereocenters. The normalized spacial score (nSPS) is 18.3. The fraction of sp³-hybridized carbons (Fsp3) is 0.217. The topological polar surface area (TPSA) is 97.9 Å². The molecule has 5 heterocycles. The Hall–Kier alpha value is -3.94. The number of hydrogen-bond donors (Lipinski definition) is 0. The molecule has 31 heavy (non-hydrogen) atoms. The van der Waals surface area contributed by atoms with Crippen molar-refractivity contribution in [1.29, 1.82) is 0 Å². The minimum atomic E-state index is -0.131. The van der Waals surface area contributed by atoms with Gasteiger partial charge in [0, 0.05) is 61.2 Å². The van der Waals surface area contributed by atoms with E-state index in [0.717, 1.165) is 11.1 Å². The number of rotatable bonds is 4. The van der Waals surface area contributed by atoms with Gasteiger partial charge in [-0.3, -0.25) is 19.7 Å². The van der Waals surface area contributed by atoms with Gasteiger partial charge in [-0.15, -0.1) is 0 Å². The fourth-order valence-electron chi connectivity index (χ4n) is 4.04. The van der Waals surface area contributed by atoms with Crippen molar-refractivity contribution in [2.75, 3.05) is 13.1 Å². The summed E-state index contributed by atoms with van der Waals surface area (Å²) in [6, 6.07) is 11.2. The Morgan fingerprint density at radius 1 is 1.00 bits per heavy atom. The zero-order valence-electron chi connectivity index (χ0n) is 16.9. The summed E-state index contributed by atoms with van der Waals surface area (Å²) < 4.78 is 5.66. The average Bonchev–Trinajstić information content (AvgIpc) is 3.48. The maximum atomic E-state index is 13.2. The van der Waals surface area contributed by atoms with Crippen LogP contribution in [0.15, 0.2) is 71.9 Å². The van der Waals surface area contributed by atoms with Crippen LogP contribution in [0.2, 0.25) is 0 Å². The van der Waals surface area contributed by atoms with Gasteiger partial charge in [0.2, 0.25) is 11.7 Å². The molecule has 0 bridgehead atoms. The van der Waals surface area contributed by atoms with Crippen LogP contribution in [0.3, 0.4) is 0 Å². The Morgan fingerprint density at radius 2 is 1.81 bits per heavy atom. The molecule has 1 aliphatic rings. The van der Waals surface area contributed by atoms with Crippen molar-refractivity contribution in [3.63, 3.8) is 0 Å². The van der Waals surface area contributed by atoms with Gasteiger partial charge in [0.1, 0.15) is 0 Å². The molecular weight excluding hydrogens is 392 g/mol. The predicted octanol–water partition coefficient (Wildman–Crippen LogP) is 3.25. The molecule has 8 heteroatoms. The number of likely N-dealkylation sites (tertiary alicyclic amines) is 1. The van der Waals surface area contributed by atoms with Gasteiger partial charge < -0.3 is 9.42 Å². The minimum absolute atomic E-state index is 0.000340. The predicted molar refractivity (Wildman–Crippen MR) is 112 cm³/mol. The maximum Gasteiger partial charge on any atom is 0.255 e. The van der Waals surface area contributed by atoms with Gasteiger partial charge >= 0.3 is 0 Å². The van der Waals surface area contributed by atoms with E-state index in [4.69, 9.17) is 4.52 Å². The third-order valence-corrected chi connectivity index (χ3v) is 5.65. The number of aromatic nitrogens is 5. The van der Waals surface area contributed by atoms with Gasteiger partial charge in [-0.25, -0.2) is 0 Å². The second kappa shape index (κ2) is 8.06. The molecule has 5 rings (SSSR count). The monoisotopic (exact) mass is 412 g/mol. The van der Waals surface area contributed by atoms with E-state index in [2.05, 4.69) is 25.1 Å². The summed E-state index contributed by atoms with van der Waals surface area (Å²) in [4.78, 5) is 32.3. The number of nitrogens with zero attached hydrogens (tertiary/aromatic N) is 6. The standard InChI is InChI=1S/C23H20N6O2/c1-15-18(5-3-9-26-15)23(30)29-13-19(17-4-2-8-25-12-17)20(14-29)22-27-21(28-31-22)16-6-10-24-11-7-16/h2-12,19-20H,13-14H2,1H3/t19-,20+/m0/s1. The van der Waals surface area contributed by atoms with Crippen molar-refractivity contribution in [3.05, 3.63) is 90.1 Å².